The normalized spacial score (nSPS) is 33.2. The first-order chi connectivity index (χ1) is 5.08. The van der Waals surface area contributed by atoms with Gasteiger partial charge in [0.1, 0.15) is 0 Å². The van der Waals surface area contributed by atoms with Gasteiger partial charge in [0, 0.05) is 0 Å². The van der Waals surface area contributed by atoms with Crippen molar-refractivity contribution >= 4 is 5.78 Å². The van der Waals surface area contributed by atoms with Crippen LogP contribution in [0.4, 0.5) is 0 Å². The van der Waals surface area contributed by atoms with Gasteiger partial charge in [-0.3, -0.25) is 4.79 Å². The predicted molar refractivity (Wildman–Crippen MR) is 49.8 cm³/mol. The lowest BCUT2D eigenvalue weighted by atomic mass is 9.89. The zero-order valence-corrected chi connectivity index (χ0v) is 6.58. The highest BCUT2D eigenvalue weighted by atomic mass is 16.3. The number of carbonyl (C=O) groups is 1. The molecule has 0 amide bonds. The molecule has 0 aromatic heterocycles. The van der Waals surface area contributed by atoms with Crippen molar-refractivity contribution in [3.05, 3.63) is 24.8 Å². The van der Waals surface area contributed by atoms with Gasteiger partial charge >= 0.3 is 0 Å². The quantitative estimate of drug-likeness (QED) is 0.637. The second kappa shape index (κ2) is 3.68. The average molecular weight is 168 g/mol. The molecule has 0 bridgehead atoms. The molecule has 12 heavy (non-hydrogen) atoms. The van der Waals surface area contributed by atoms with Crippen LogP contribution in [0.3, 0.4) is 0 Å². The summed E-state index contributed by atoms with van der Waals surface area (Å²) in [5, 5.41) is 9.60. The number of aliphatic hydroxyl groups is 1. The Balaban J connectivity index is 0.00000121. The molecule has 0 saturated carbocycles. The molecule has 2 atom stereocenters. The monoisotopic (exact) mass is 168 g/mol. The van der Waals surface area contributed by atoms with Gasteiger partial charge in [0.2, 0.25) is 0 Å². The number of hydrogen-bond acceptors (Lipinski definition) is 2. The molecule has 0 aromatic carbocycles. The Hall–Kier alpha value is -0.890. The van der Waals surface area contributed by atoms with E-state index in [2.05, 4.69) is 6.58 Å². The van der Waals surface area contributed by atoms with Crippen molar-refractivity contribution in [3.8, 4) is 0 Å². The highest BCUT2D eigenvalue weighted by Gasteiger charge is 2.37. The maximum absolute atomic E-state index is 11.1. The van der Waals surface area contributed by atoms with E-state index >= 15 is 0 Å². The molecule has 0 saturated heterocycles. The van der Waals surface area contributed by atoms with Gasteiger partial charge in [-0.2, -0.15) is 0 Å². The molecule has 1 aliphatic carbocycles. The van der Waals surface area contributed by atoms with Crippen LogP contribution in [-0.4, -0.2) is 16.5 Å². The van der Waals surface area contributed by atoms with Crippen molar-refractivity contribution in [1.29, 1.82) is 0 Å². The van der Waals surface area contributed by atoms with Crippen molar-refractivity contribution in [2.45, 2.75) is 26.4 Å². The minimum Gasteiger partial charge on any atom is -0.385 e. The Morgan fingerprint density at radius 3 is 2.75 bits per heavy atom. The van der Waals surface area contributed by atoms with Gasteiger partial charge in [-0.05, 0) is 25.5 Å². The van der Waals surface area contributed by atoms with Crippen LogP contribution in [0.5, 0.6) is 0 Å². The van der Waals surface area contributed by atoms with Crippen molar-refractivity contribution in [2.24, 2.45) is 5.92 Å². The Kier molecular flexibility index (Phi) is 3.40. The van der Waals surface area contributed by atoms with Crippen LogP contribution >= 0.6 is 0 Å². The summed E-state index contributed by atoms with van der Waals surface area (Å²) in [6, 6.07) is 0. The second-order valence-corrected chi connectivity index (χ2v) is 3.04. The molecule has 0 spiro atoms. The first-order valence-electron chi connectivity index (χ1n) is 3.64. The molecule has 1 rings (SSSR count). The van der Waals surface area contributed by atoms with Crippen LogP contribution in [0.15, 0.2) is 24.8 Å². The fraction of sp³-hybridized carbons (Fsp3) is 0.500. The zero-order chi connectivity index (χ0) is 8.48. The van der Waals surface area contributed by atoms with Gasteiger partial charge in [0.05, 0.1) is 11.5 Å². The van der Waals surface area contributed by atoms with E-state index in [9.17, 15) is 9.90 Å². The third kappa shape index (κ3) is 1.83. The van der Waals surface area contributed by atoms with Gasteiger partial charge in [-0.15, -0.1) is 6.58 Å². The van der Waals surface area contributed by atoms with E-state index in [1.807, 2.05) is 0 Å². The number of allylic oxidation sites excluding steroid dienone is 2. The molecule has 0 radical (unpaired) electrons. The zero-order valence-electron chi connectivity index (χ0n) is 6.58. The second-order valence-electron chi connectivity index (χ2n) is 3.04. The van der Waals surface area contributed by atoms with E-state index in [1.165, 1.54) is 6.08 Å². The number of hydrogen-bond donors (Lipinski definition) is 1. The first kappa shape index (κ1) is 11.1. The van der Waals surface area contributed by atoms with E-state index in [0.717, 1.165) is 0 Å². The number of ketones is 1. The summed E-state index contributed by atoms with van der Waals surface area (Å²) in [7, 11) is 0. The molecule has 2 heteroatoms. The molecule has 1 N–H and O–H groups in total. The molecule has 0 heterocycles. The predicted octanol–water partition coefficient (Wildman–Crippen LogP) is 1.70. The third-order valence-corrected chi connectivity index (χ3v) is 2.04. The lowest BCUT2D eigenvalue weighted by Crippen LogP contribution is -2.31. The standard InChI is InChI=1S/C9H12O2.CH4/c1-3-4-7-8(10)5-6-9(7,2)11;/h3,5-7,11H,1,4H2,2H3;1H4. The summed E-state index contributed by atoms with van der Waals surface area (Å²) < 4.78 is 0. The van der Waals surface area contributed by atoms with E-state index in [4.69, 9.17) is 0 Å². The van der Waals surface area contributed by atoms with Crippen molar-refractivity contribution in [3.63, 3.8) is 0 Å². The molecule has 0 aliphatic heterocycles. The van der Waals surface area contributed by atoms with Crippen LogP contribution < -0.4 is 0 Å². The number of rotatable bonds is 2. The Bertz CT molecular complexity index is 214. The van der Waals surface area contributed by atoms with Crippen LogP contribution in [0, 0.1) is 5.92 Å². The fourth-order valence-corrected chi connectivity index (χ4v) is 1.29. The largest absolute Gasteiger partial charge is 0.385 e. The third-order valence-electron chi connectivity index (χ3n) is 2.04. The Morgan fingerprint density at radius 1 is 1.83 bits per heavy atom. The van der Waals surface area contributed by atoms with Gasteiger partial charge in [0.15, 0.2) is 5.78 Å². The molecule has 2 unspecified atom stereocenters. The fourth-order valence-electron chi connectivity index (χ4n) is 1.29. The SMILES string of the molecule is C.C=CCC1C(=O)C=CC1(C)O. The summed E-state index contributed by atoms with van der Waals surface area (Å²) in [6.45, 7) is 5.17. The van der Waals surface area contributed by atoms with Crippen LogP contribution in [-0.2, 0) is 4.79 Å². The molecule has 1 aliphatic rings. The lowest BCUT2D eigenvalue weighted by Gasteiger charge is -2.21. The summed E-state index contributed by atoms with van der Waals surface area (Å²) in [5.41, 5.74) is -0.967. The topological polar surface area (TPSA) is 37.3 Å². The van der Waals surface area contributed by atoms with Crippen molar-refractivity contribution in [2.75, 3.05) is 0 Å². The summed E-state index contributed by atoms with van der Waals surface area (Å²) >= 11 is 0. The van der Waals surface area contributed by atoms with Gasteiger partial charge < -0.3 is 5.11 Å². The van der Waals surface area contributed by atoms with Gasteiger partial charge in [0.25, 0.3) is 0 Å². The molecule has 2 nitrogen and oxygen atoms in total. The molecule has 68 valence electrons. The van der Waals surface area contributed by atoms with Crippen LogP contribution in [0.25, 0.3) is 0 Å². The average Bonchev–Trinajstić information content (AvgIpc) is 2.16. The summed E-state index contributed by atoms with van der Waals surface area (Å²) in [5.74, 6) is -0.324. The maximum Gasteiger partial charge on any atom is 0.162 e. The van der Waals surface area contributed by atoms with Crippen LogP contribution in [0.1, 0.15) is 20.8 Å². The molecular formula is C10H16O2. The first-order valence-corrected chi connectivity index (χ1v) is 3.64. The van der Waals surface area contributed by atoms with Crippen LogP contribution in [0.2, 0.25) is 0 Å². The van der Waals surface area contributed by atoms with E-state index in [-0.39, 0.29) is 19.1 Å². The van der Waals surface area contributed by atoms with E-state index in [1.54, 1.807) is 19.1 Å². The lowest BCUT2D eigenvalue weighted by molar-refractivity contribution is -0.121. The molecule has 0 aromatic rings. The maximum atomic E-state index is 11.1. The minimum atomic E-state index is -0.967. The van der Waals surface area contributed by atoms with Gasteiger partial charge in [-0.25, -0.2) is 0 Å². The van der Waals surface area contributed by atoms with Crippen molar-refractivity contribution < 1.29 is 9.90 Å². The van der Waals surface area contributed by atoms with E-state index < -0.39 is 5.60 Å². The van der Waals surface area contributed by atoms with Crippen molar-refractivity contribution in [1.82, 2.24) is 0 Å². The Morgan fingerprint density at radius 2 is 2.42 bits per heavy atom. The summed E-state index contributed by atoms with van der Waals surface area (Å²) in [4.78, 5) is 11.1. The van der Waals surface area contributed by atoms with Gasteiger partial charge in [-0.1, -0.05) is 13.5 Å². The summed E-state index contributed by atoms with van der Waals surface area (Å²) in [6.07, 6.45) is 5.18. The number of carbonyl (C=O) groups excluding carboxylic acids is 1. The molecule has 0 fully saturated rings. The Labute approximate surface area is 73.6 Å². The minimum absolute atomic E-state index is 0. The molecular weight excluding hydrogens is 152 g/mol. The highest BCUT2D eigenvalue weighted by molar-refractivity contribution is 5.95. The smallest absolute Gasteiger partial charge is 0.162 e. The van der Waals surface area contributed by atoms with E-state index in [0.29, 0.717) is 6.42 Å². The highest BCUT2D eigenvalue weighted by Crippen LogP contribution is 2.29.